The molecule has 0 atom stereocenters. The van der Waals surface area contributed by atoms with Crippen molar-refractivity contribution in [3.8, 4) is 0 Å². The monoisotopic (exact) mass is 1590 g/mol. The lowest BCUT2D eigenvalue weighted by molar-refractivity contribution is 0.219. The van der Waals surface area contributed by atoms with Crippen molar-refractivity contribution in [2.24, 2.45) is 0 Å². The molecule has 0 unspecified atom stereocenters. The third kappa shape index (κ3) is 76.7. The van der Waals surface area contributed by atoms with E-state index in [2.05, 4.69) is 53.9 Å². The van der Waals surface area contributed by atoms with Gasteiger partial charge in [0.05, 0.1) is 0 Å². The summed E-state index contributed by atoms with van der Waals surface area (Å²) in [6.07, 6.45) is 126. The van der Waals surface area contributed by atoms with Crippen LogP contribution in [0.25, 0.3) is 0 Å². The average Bonchev–Trinajstić information content (AvgIpc) is 0.768. The molecule has 0 aromatic heterocycles. The van der Waals surface area contributed by atoms with Crippen molar-refractivity contribution in [2.75, 3.05) is 0 Å². The molecule has 0 bridgehead atoms. The predicted octanol–water partition coefficient (Wildman–Crippen LogP) is 38.8. The Labute approximate surface area is 689 Å². The lowest BCUT2D eigenvalue weighted by atomic mass is 10.0. The third-order valence-corrected chi connectivity index (χ3v) is 44.5. The van der Waals surface area contributed by atoms with E-state index in [9.17, 15) is 0 Å². The van der Waals surface area contributed by atoms with Gasteiger partial charge >= 0.3 is 34.2 Å². The molecule has 0 N–H and O–H groups in total. The second kappa shape index (κ2) is 84.2. The first-order valence-corrected chi connectivity index (χ1v) is 62.0. The smallest absolute Gasteiger partial charge is 0.317 e. The summed E-state index contributed by atoms with van der Waals surface area (Å²) in [6.45, 7) is 19.3. The van der Waals surface area contributed by atoms with E-state index in [1.165, 1.54) is 565 Å². The second-order valence-corrected chi connectivity index (χ2v) is 52.0. The molecule has 1 aliphatic rings. The summed E-state index contributed by atoms with van der Waals surface area (Å²) >= 11 is 0. The van der Waals surface area contributed by atoms with E-state index in [0.29, 0.717) is 0 Å². The Morgan fingerprint density at radius 3 is 0.241 bits per heavy atom. The fourth-order valence-electron chi connectivity index (χ4n) is 18.5. The highest BCUT2D eigenvalue weighted by Crippen LogP contribution is 2.40. The lowest BCUT2D eigenvalue weighted by Gasteiger charge is -2.50. The summed E-state index contributed by atoms with van der Waals surface area (Å²) in [7, 11) is -10.4. The van der Waals surface area contributed by atoms with Crippen LogP contribution in [0.15, 0.2) is 0 Å². The molecule has 0 aromatic rings. The Kier molecular flexibility index (Phi) is 83.2. The van der Waals surface area contributed by atoms with Gasteiger partial charge in [-0.05, 0) is 50.4 Å². The molecule has 1 aliphatic heterocycles. The molecule has 1 saturated heterocycles. The molecule has 8 heteroatoms. The van der Waals surface area contributed by atoms with Crippen molar-refractivity contribution in [2.45, 2.75) is 643 Å². The van der Waals surface area contributed by atoms with Crippen LogP contribution in [-0.4, -0.2) is 34.2 Å². The maximum atomic E-state index is 7.88. The summed E-state index contributed by atoms with van der Waals surface area (Å²) in [6, 6.07) is 4.45. The van der Waals surface area contributed by atoms with Crippen molar-refractivity contribution in [1.82, 2.24) is 0 Å². The third-order valence-electron chi connectivity index (χ3n) is 25.7. The zero-order valence-electron chi connectivity index (χ0n) is 76.7. The number of rotatable bonds is 92. The Hall–Kier alpha value is 0.708. The largest absolute Gasteiger partial charge is 0.416 e. The minimum Gasteiger partial charge on any atom is -0.416 e. The minimum atomic E-state index is -2.59. The predicted molar refractivity (Wildman–Crippen MR) is 499 cm³/mol. The molecule has 648 valence electrons. The summed E-state index contributed by atoms with van der Waals surface area (Å²) in [5.74, 6) is 0. The fraction of sp³-hybridized carbons (Fsp3) is 1.00. The van der Waals surface area contributed by atoms with Crippen LogP contribution in [0.1, 0.15) is 593 Å². The van der Waals surface area contributed by atoms with Crippen LogP contribution in [0.3, 0.4) is 0 Å². The standard InChI is InChI=1S/C100H208O4Si4/c1-9-13-17-21-25-29-33-37-41-45-49-53-57-61-65-69-73-77-81-85-89-93-97-105(5)101-106(6,98-94-90-86-82-78-74-70-66-62-58-54-50-46-42-38-34-30-26-22-18-14-10-2)103-108(8,100-96-92-88-84-80-76-72-68-64-60-56-52-48-44-40-36-32-28-24-20-16-12-4)104-107(7,102-105)99-95-91-87-83-79-75-71-67-63-59-55-51-47-43-39-35-31-27-23-19-15-11-3/h9-100H2,1-8H3. The number of hydrogen-bond acceptors (Lipinski definition) is 4. The normalized spacial score (nSPS) is 18.4. The minimum absolute atomic E-state index is 1.11. The van der Waals surface area contributed by atoms with Gasteiger partial charge in [-0.2, -0.15) is 0 Å². The van der Waals surface area contributed by atoms with Crippen LogP contribution in [0, 0.1) is 0 Å². The molecule has 108 heavy (non-hydrogen) atoms. The lowest BCUT2D eigenvalue weighted by Crippen LogP contribution is -2.67. The van der Waals surface area contributed by atoms with Gasteiger partial charge in [0.15, 0.2) is 0 Å². The van der Waals surface area contributed by atoms with Gasteiger partial charge in [-0.3, -0.25) is 0 Å². The van der Waals surface area contributed by atoms with Gasteiger partial charge in [-0.25, -0.2) is 0 Å². The molecule has 0 aliphatic carbocycles. The van der Waals surface area contributed by atoms with Crippen LogP contribution < -0.4 is 0 Å². The quantitative estimate of drug-likeness (QED) is 0.0449. The summed E-state index contributed by atoms with van der Waals surface area (Å²) in [4.78, 5) is 0. The molecule has 0 amide bonds. The van der Waals surface area contributed by atoms with Gasteiger partial charge in [-0.1, -0.05) is 593 Å². The summed E-state index contributed by atoms with van der Waals surface area (Å²) in [5.41, 5.74) is 0. The molecule has 0 spiro atoms. The zero-order valence-corrected chi connectivity index (χ0v) is 80.7. The van der Waals surface area contributed by atoms with E-state index >= 15 is 0 Å². The van der Waals surface area contributed by atoms with Crippen molar-refractivity contribution in [1.29, 1.82) is 0 Å². The van der Waals surface area contributed by atoms with Crippen molar-refractivity contribution in [3.05, 3.63) is 0 Å². The first kappa shape index (κ1) is 107. The Balaban J connectivity index is 2.83. The van der Waals surface area contributed by atoms with Crippen LogP contribution >= 0.6 is 0 Å². The maximum Gasteiger partial charge on any atom is 0.317 e. The SMILES string of the molecule is CCCCCCCCCCCCCCCCCCCCCCCC[Si]1(C)O[Si](C)(CCCCCCCCCCCCCCCCCCCCCCCC)O[Si](C)(CCCCCCCCCCCCCCCCCCCCCCCC)O[Si](C)(CCCCCCCCCCCCCCCCCCCCCCCC)O1. The maximum absolute atomic E-state index is 7.88. The van der Waals surface area contributed by atoms with Gasteiger partial charge in [0.25, 0.3) is 0 Å². The van der Waals surface area contributed by atoms with Gasteiger partial charge in [0.2, 0.25) is 0 Å². The van der Waals surface area contributed by atoms with E-state index in [-0.39, 0.29) is 0 Å². The summed E-state index contributed by atoms with van der Waals surface area (Å²) in [5, 5.41) is 0. The molecule has 4 nitrogen and oxygen atoms in total. The van der Waals surface area contributed by atoms with Gasteiger partial charge < -0.3 is 16.5 Å². The van der Waals surface area contributed by atoms with E-state index in [4.69, 9.17) is 16.5 Å². The first-order valence-electron chi connectivity index (χ1n) is 51.9. The van der Waals surface area contributed by atoms with Crippen LogP contribution in [-0.2, 0) is 16.5 Å². The average molecular weight is 1590 g/mol. The van der Waals surface area contributed by atoms with E-state index in [1.807, 2.05) is 0 Å². The first-order chi connectivity index (χ1) is 53.1. The molecule has 1 fully saturated rings. The van der Waals surface area contributed by atoms with E-state index < -0.39 is 34.2 Å². The topological polar surface area (TPSA) is 36.9 Å². The molecule has 1 heterocycles. The molecular weight excluding hydrogens is 1380 g/mol. The Morgan fingerprint density at radius 2 is 0.167 bits per heavy atom. The number of unbranched alkanes of at least 4 members (excludes halogenated alkanes) is 84. The van der Waals surface area contributed by atoms with Gasteiger partial charge in [0.1, 0.15) is 0 Å². The molecule has 0 saturated carbocycles. The van der Waals surface area contributed by atoms with Gasteiger partial charge in [-0.15, -0.1) is 0 Å². The van der Waals surface area contributed by atoms with Crippen LogP contribution in [0.5, 0.6) is 0 Å². The zero-order chi connectivity index (χ0) is 77.9. The van der Waals surface area contributed by atoms with Crippen molar-refractivity contribution >= 4 is 34.2 Å². The highest BCUT2D eigenvalue weighted by Gasteiger charge is 2.56. The Morgan fingerprint density at radius 1 is 0.102 bits per heavy atom. The molecule has 1 rings (SSSR count). The van der Waals surface area contributed by atoms with Crippen molar-refractivity contribution in [3.63, 3.8) is 0 Å². The van der Waals surface area contributed by atoms with Crippen molar-refractivity contribution < 1.29 is 16.5 Å². The number of hydrogen-bond donors (Lipinski definition) is 0. The highest BCUT2D eigenvalue weighted by atomic mass is 28.5. The highest BCUT2D eigenvalue weighted by molar-refractivity contribution is 6.93. The van der Waals surface area contributed by atoms with E-state index in [1.54, 1.807) is 0 Å². The van der Waals surface area contributed by atoms with E-state index in [0.717, 1.165) is 24.2 Å². The Bertz CT molecular complexity index is 1450. The van der Waals surface area contributed by atoms with Gasteiger partial charge in [0, 0.05) is 0 Å². The van der Waals surface area contributed by atoms with Crippen LogP contribution in [0.4, 0.5) is 0 Å². The van der Waals surface area contributed by atoms with Crippen LogP contribution in [0.2, 0.25) is 50.4 Å². The fourth-order valence-corrected chi connectivity index (χ4v) is 42.2. The second-order valence-electron chi connectivity index (χ2n) is 37.6. The molecule has 0 radical (unpaired) electrons. The molecule has 0 aromatic carbocycles. The molecular formula is C100H208O4Si4. The summed E-state index contributed by atoms with van der Waals surface area (Å²) < 4.78 is 31.5.